The lowest BCUT2D eigenvalue weighted by Crippen LogP contribution is -2.33. The van der Waals surface area contributed by atoms with Gasteiger partial charge in [-0.1, -0.05) is 0 Å². The third kappa shape index (κ3) is 3.59. The number of nitrogens with zero attached hydrogens (tertiary/aromatic N) is 2. The number of hydrogen-bond acceptors (Lipinski definition) is 4. The van der Waals surface area contributed by atoms with Crippen LogP contribution in [-0.2, 0) is 14.8 Å². The molecule has 1 unspecified atom stereocenters. The Balaban J connectivity index is 2.15. The van der Waals surface area contributed by atoms with E-state index in [0.29, 0.717) is 18.5 Å². The normalized spacial score (nSPS) is 18.4. The van der Waals surface area contributed by atoms with E-state index in [-0.39, 0.29) is 23.4 Å². The van der Waals surface area contributed by atoms with E-state index in [1.165, 1.54) is 40.5 Å². The highest BCUT2D eigenvalue weighted by atomic mass is 32.2. The second-order valence-electron chi connectivity index (χ2n) is 6.21. The molecule has 1 N–H and O–H groups in total. The van der Waals surface area contributed by atoms with Gasteiger partial charge in [0.2, 0.25) is 10.0 Å². The largest absolute Gasteiger partial charge is 0.481 e. The summed E-state index contributed by atoms with van der Waals surface area (Å²) in [5, 5.41) is 9.00. The molecule has 8 heteroatoms. The van der Waals surface area contributed by atoms with Gasteiger partial charge in [-0.25, -0.2) is 8.42 Å². The highest BCUT2D eigenvalue weighted by Crippen LogP contribution is 2.21. The summed E-state index contributed by atoms with van der Waals surface area (Å²) in [5.41, 5.74) is 0.354. The van der Waals surface area contributed by atoms with Crippen LogP contribution < -0.4 is 0 Å². The van der Waals surface area contributed by atoms with Crippen LogP contribution in [0, 0.1) is 5.92 Å². The summed E-state index contributed by atoms with van der Waals surface area (Å²) < 4.78 is 26.1. The van der Waals surface area contributed by atoms with Crippen LogP contribution in [0.1, 0.15) is 30.6 Å². The van der Waals surface area contributed by atoms with E-state index >= 15 is 0 Å². The summed E-state index contributed by atoms with van der Waals surface area (Å²) in [6, 6.07) is 5.58. The maximum atomic E-state index is 12.4. The fourth-order valence-corrected chi connectivity index (χ4v) is 3.91. The van der Waals surface area contributed by atoms with Gasteiger partial charge in [0.25, 0.3) is 5.91 Å². The fraction of sp³-hybridized carbons (Fsp3) is 0.500. The number of hydrogen-bond donors (Lipinski definition) is 1. The summed E-state index contributed by atoms with van der Waals surface area (Å²) in [4.78, 5) is 25.0. The van der Waals surface area contributed by atoms with Crippen molar-refractivity contribution in [3.8, 4) is 0 Å². The van der Waals surface area contributed by atoms with Crippen LogP contribution in [-0.4, -0.2) is 60.8 Å². The third-order valence-electron chi connectivity index (χ3n) is 4.33. The number of carboxylic acids is 1. The molecule has 1 aliphatic rings. The average molecular weight is 354 g/mol. The SMILES string of the molecule is CC(C)N(C)S(=O)(=O)c1ccc(C(=O)N2CCC(C(=O)O)C2)cc1. The molecule has 1 saturated heterocycles. The minimum absolute atomic E-state index is 0.125. The number of carbonyl (C=O) groups excluding carboxylic acids is 1. The number of rotatable bonds is 5. The zero-order chi connectivity index (χ0) is 18.1. The van der Waals surface area contributed by atoms with Gasteiger partial charge in [0.1, 0.15) is 0 Å². The molecule has 0 radical (unpaired) electrons. The summed E-state index contributed by atoms with van der Waals surface area (Å²) in [6.07, 6.45) is 0.437. The molecule has 1 amide bonds. The first-order chi connectivity index (χ1) is 11.1. The van der Waals surface area contributed by atoms with Crippen LogP contribution in [0.15, 0.2) is 29.2 Å². The molecule has 1 fully saturated rings. The van der Waals surface area contributed by atoms with Crippen LogP contribution in [0.3, 0.4) is 0 Å². The summed E-state index contributed by atoms with van der Waals surface area (Å²) in [7, 11) is -2.08. The topological polar surface area (TPSA) is 95.0 Å². The van der Waals surface area contributed by atoms with E-state index in [0.717, 1.165) is 0 Å². The number of carbonyl (C=O) groups is 2. The lowest BCUT2D eigenvalue weighted by atomic mass is 10.1. The molecule has 0 bridgehead atoms. The Hall–Kier alpha value is -1.93. The van der Waals surface area contributed by atoms with Crippen molar-refractivity contribution in [1.82, 2.24) is 9.21 Å². The van der Waals surface area contributed by atoms with Crippen molar-refractivity contribution in [2.45, 2.75) is 31.2 Å². The summed E-state index contributed by atoms with van der Waals surface area (Å²) in [5.74, 6) is -1.71. The predicted octanol–water partition coefficient (Wildman–Crippen LogP) is 1.26. The quantitative estimate of drug-likeness (QED) is 0.859. The van der Waals surface area contributed by atoms with Crippen molar-refractivity contribution in [1.29, 1.82) is 0 Å². The maximum Gasteiger partial charge on any atom is 0.308 e. The van der Waals surface area contributed by atoms with Gasteiger partial charge in [0.05, 0.1) is 10.8 Å². The molecule has 132 valence electrons. The van der Waals surface area contributed by atoms with Crippen LogP contribution in [0.2, 0.25) is 0 Å². The van der Waals surface area contributed by atoms with Gasteiger partial charge in [-0.15, -0.1) is 0 Å². The van der Waals surface area contributed by atoms with E-state index in [1.54, 1.807) is 13.8 Å². The van der Waals surface area contributed by atoms with Gasteiger partial charge >= 0.3 is 5.97 Å². The highest BCUT2D eigenvalue weighted by molar-refractivity contribution is 7.89. The van der Waals surface area contributed by atoms with Crippen molar-refractivity contribution in [2.75, 3.05) is 20.1 Å². The molecule has 0 saturated carbocycles. The average Bonchev–Trinajstić information content (AvgIpc) is 3.03. The molecule has 1 aromatic rings. The molecule has 0 spiro atoms. The smallest absolute Gasteiger partial charge is 0.308 e. The first-order valence-electron chi connectivity index (χ1n) is 7.74. The number of aliphatic carboxylic acids is 1. The second-order valence-corrected chi connectivity index (χ2v) is 8.21. The van der Waals surface area contributed by atoms with Crippen LogP contribution in [0.4, 0.5) is 0 Å². The van der Waals surface area contributed by atoms with Gasteiger partial charge in [-0.05, 0) is 44.5 Å². The van der Waals surface area contributed by atoms with Crippen LogP contribution in [0.5, 0.6) is 0 Å². The first-order valence-corrected chi connectivity index (χ1v) is 9.18. The number of sulfonamides is 1. The monoisotopic (exact) mass is 354 g/mol. The molecule has 24 heavy (non-hydrogen) atoms. The van der Waals surface area contributed by atoms with Crippen molar-refractivity contribution in [3.05, 3.63) is 29.8 Å². The molecule has 1 heterocycles. The molecule has 2 rings (SSSR count). The Kier molecular flexibility index (Phi) is 5.29. The molecule has 7 nitrogen and oxygen atoms in total. The van der Waals surface area contributed by atoms with E-state index in [9.17, 15) is 18.0 Å². The Morgan fingerprint density at radius 3 is 2.29 bits per heavy atom. The molecule has 0 aromatic heterocycles. The highest BCUT2D eigenvalue weighted by Gasteiger charge is 2.31. The maximum absolute atomic E-state index is 12.4. The fourth-order valence-electron chi connectivity index (χ4n) is 2.54. The third-order valence-corrected chi connectivity index (χ3v) is 6.38. The standard InChI is InChI=1S/C16H22N2O5S/c1-11(2)17(3)24(22,23)14-6-4-12(5-7-14)15(19)18-9-8-13(10-18)16(20)21/h4-7,11,13H,8-10H2,1-3H3,(H,20,21). The minimum atomic E-state index is -3.59. The van der Waals surface area contributed by atoms with E-state index in [4.69, 9.17) is 5.11 Å². The minimum Gasteiger partial charge on any atom is -0.481 e. The molecule has 1 atom stereocenters. The lowest BCUT2D eigenvalue weighted by molar-refractivity contribution is -0.141. The second kappa shape index (κ2) is 6.90. The van der Waals surface area contributed by atoms with Crippen molar-refractivity contribution >= 4 is 21.9 Å². The van der Waals surface area contributed by atoms with E-state index in [1.807, 2.05) is 0 Å². The molecule has 1 aliphatic heterocycles. The van der Waals surface area contributed by atoms with Crippen molar-refractivity contribution < 1.29 is 23.1 Å². The Bertz CT molecular complexity index is 727. The van der Waals surface area contributed by atoms with Gasteiger partial charge < -0.3 is 10.0 Å². The van der Waals surface area contributed by atoms with Gasteiger partial charge in [0, 0.05) is 31.7 Å². The van der Waals surface area contributed by atoms with Gasteiger partial charge in [-0.2, -0.15) is 4.31 Å². The summed E-state index contributed by atoms with van der Waals surface area (Å²) >= 11 is 0. The van der Waals surface area contributed by atoms with Gasteiger partial charge in [0.15, 0.2) is 0 Å². The zero-order valence-electron chi connectivity index (χ0n) is 14.0. The molecular formula is C16H22N2O5S. The lowest BCUT2D eigenvalue weighted by Gasteiger charge is -2.21. The first kappa shape index (κ1) is 18.4. The molecule has 0 aliphatic carbocycles. The Morgan fingerprint density at radius 1 is 1.25 bits per heavy atom. The van der Waals surface area contributed by atoms with E-state index in [2.05, 4.69) is 0 Å². The van der Waals surface area contributed by atoms with E-state index < -0.39 is 21.9 Å². The number of likely N-dealkylation sites (tertiary alicyclic amines) is 1. The Labute approximate surface area is 141 Å². The number of benzene rings is 1. The van der Waals surface area contributed by atoms with Gasteiger partial charge in [-0.3, -0.25) is 9.59 Å². The zero-order valence-corrected chi connectivity index (χ0v) is 14.8. The van der Waals surface area contributed by atoms with Crippen LogP contribution in [0.25, 0.3) is 0 Å². The summed E-state index contributed by atoms with van der Waals surface area (Å²) in [6.45, 7) is 4.14. The predicted molar refractivity (Wildman–Crippen MR) is 88.2 cm³/mol. The Morgan fingerprint density at radius 2 is 1.83 bits per heavy atom. The molecular weight excluding hydrogens is 332 g/mol. The number of carboxylic acid groups (broad SMARTS) is 1. The number of amides is 1. The molecule has 1 aromatic carbocycles. The van der Waals surface area contributed by atoms with Crippen molar-refractivity contribution in [3.63, 3.8) is 0 Å². The van der Waals surface area contributed by atoms with Crippen molar-refractivity contribution in [2.24, 2.45) is 5.92 Å². The van der Waals surface area contributed by atoms with Crippen LogP contribution >= 0.6 is 0 Å².